The molecule has 4 heteroatoms. The molecule has 0 aromatic heterocycles. The molecule has 0 rings (SSSR count). The van der Waals surface area contributed by atoms with E-state index in [4.69, 9.17) is 0 Å². The normalized spacial score (nSPS) is 5.25. The third-order valence-electron chi connectivity index (χ3n) is 0. The molecule has 0 aromatic rings. The Morgan fingerprint density at radius 1 is 1.75 bits per heavy atom. The third-order valence-corrected chi connectivity index (χ3v) is 0. The van der Waals surface area contributed by atoms with Gasteiger partial charge in [0, 0.05) is 16.5 Å². The molecule has 0 saturated carbocycles. The van der Waals surface area contributed by atoms with Gasteiger partial charge in [0.25, 0.3) is 0 Å². The monoisotopic (exact) mass is 135 g/mol. The van der Waals surface area contributed by atoms with E-state index in [1.54, 1.807) is 0 Å². The first-order chi connectivity index (χ1) is 1.41. The zero-order valence-corrected chi connectivity index (χ0v) is 6.83. The van der Waals surface area contributed by atoms with Crippen LogP contribution in [0.25, 0.3) is 0 Å². The Morgan fingerprint density at radius 3 is 1.75 bits per heavy atom. The van der Waals surface area contributed by atoms with Crippen LogP contribution in [0.5, 0.6) is 0 Å². The number of hydrogen-bond donors (Lipinski definition) is 0. The molecule has 0 aliphatic carbocycles. The Morgan fingerprint density at radius 2 is 1.75 bits per heavy atom. The van der Waals surface area contributed by atoms with Gasteiger partial charge in [0.15, 0.2) is 10.5 Å². The standard InChI is InChI=1S/Ni.H5OSi2/c;2-1-3/h;2H2,3H3. The average molecular weight is 136 g/mol. The molecule has 0 unspecified atom stereocenters. The van der Waals surface area contributed by atoms with Crippen LogP contribution in [0.2, 0.25) is 0 Å². The van der Waals surface area contributed by atoms with Gasteiger partial charge in [-0.05, 0) is 0 Å². The van der Waals surface area contributed by atoms with Crippen molar-refractivity contribution in [2.45, 2.75) is 0 Å². The van der Waals surface area contributed by atoms with E-state index < -0.39 is 0 Å². The minimum atomic E-state index is 0. The van der Waals surface area contributed by atoms with E-state index in [1.165, 1.54) is 10.5 Å². The van der Waals surface area contributed by atoms with Gasteiger partial charge in [0.05, 0.1) is 0 Å². The molecule has 0 N–H and O–H groups in total. The summed E-state index contributed by atoms with van der Waals surface area (Å²) in [6.07, 6.45) is 0. The second-order valence-corrected chi connectivity index (χ2v) is 2.60. The van der Waals surface area contributed by atoms with E-state index in [0.717, 1.165) is 10.5 Å². The maximum Gasteiger partial charge on any atom is 0.157 e. The van der Waals surface area contributed by atoms with E-state index in [1.807, 2.05) is 0 Å². The van der Waals surface area contributed by atoms with E-state index >= 15 is 0 Å². The van der Waals surface area contributed by atoms with Crippen LogP contribution in [0.3, 0.4) is 0 Å². The first-order valence-corrected chi connectivity index (χ1v) is 2.09. The van der Waals surface area contributed by atoms with Crippen LogP contribution in [0.1, 0.15) is 0 Å². The molecule has 1 radical (unpaired) electrons. The molecular formula is H5NiOSi2. The Labute approximate surface area is 42.1 Å². The molecule has 0 saturated heterocycles. The Hall–Kier alpha value is 0.887. The van der Waals surface area contributed by atoms with E-state index in [2.05, 4.69) is 4.12 Å². The quantitative estimate of drug-likeness (QED) is 0.344. The molecule has 0 aliphatic heterocycles. The largest absolute Gasteiger partial charge is 0.468 e. The van der Waals surface area contributed by atoms with Crippen molar-refractivity contribution in [1.29, 1.82) is 0 Å². The fourth-order valence-corrected chi connectivity index (χ4v) is 0. The predicted octanol–water partition coefficient (Wildman–Crippen LogP) is -2.17. The van der Waals surface area contributed by atoms with Gasteiger partial charge in [-0.1, -0.05) is 0 Å². The molecular weight excluding hydrogens is 131 g/mol. The minimum Gasteiger partial charge on any atom is -0.468 e. The first kappa shape index (κ1) is 8.86. The maximum absolute atomic E-state index is 4.42. The average Bonchev–Trinajstić information content (AvgIpc) is 0.918. The van der Waals surface area contributed by atoms with Crippen LogP contribution >= 0.6 is 0 Å². The van der Waals surface area contributed by atoms with Gasteiger partial charge < -0.3 is 4.12 Å². The third kappa shape index (κ3) is 13.1. The zero-order chi connectivity index (χ0) is 2.71. The van der Waals surface area contributed by atoms with Crippen LogP contribution in [-0.2, 0) is 20.6 Å². The summed E-state index contributed by atoms with van der Waals surface area (Å²) in [6, 6.07) is 0. The summed E-state index contributed by atoms with van der Waals surface area (Å²) in [6.45, 7) is 0. The Bertz CT molecular complexity index is 6.00. The van der Waals surface area contributed by atoms with Crippen LogP contribution in [0.4, 0.5) is 0 Å². The van der Waals surface area contributed by atoms with Gasteiger partial charge in [-0.15, -0.1) is 0 Å². The van der Waals surface area contributed by atoms with Crippen molar-refractivity contribution in [3.8, 4) is 0 Å². The number of hydrogen-bond acceptors (Lipinski definition) is 1. The molecule has 0 bridgehead atoms. The minimum absolute atomic E-state index is 0. The summed E-state index contributed by atoms with van der Waals surface area (Å²) < 4.78 is 4.42. The van der Waals surface area contributed by atoms with Crippen molar-refractivity contribution < 1.29 is 20.6 Å². The second-order valence-electron chi connectivity index (χ2n) is 0.289. The van der Waals surface area contributed by atoms with Crippen molar-refractivity contribution in [2.75, 3.05) is 0 Å². The summed E-state index contributed by atoms with van der Waals surface area (Å²) in [4.78, 5) is 0. The van der Waals surface area contributed by atoms with Gasteiger partial charge in [0.2, 0.25) is 0 Å². The Balaban J connectivity index is 0. The summed E-state index contributed by atoms with van der Waals surface area (Å²) in [5, 5.41) is 0. The van der Waals surface area contributed by atoms with Crippen LogP contribution in [-0.4, -0.2) is 21.0 Å². The van der Waals surface area contributed by atoms with Gasteiger partial charge in [0.1, 0.15) is 10.5 Å². The van der Waals surface area contributed by atoms with E-state index in [0.29, 0.717) is 0 Å². The van der Waals surface area contributed by atoms with Crippen LogP contribution < -0.4 is 0 Å². The van der Waals surface area contributed by atoms with Crippen LogP contribution in [0.15, 0.2) is 0 Å². The van der Waals surface area contributed by atoms with Gasteiger partial charge in [-0.25, -0.2) is 0 Å². The molecule has 29 valence electrons. The summed E-state index contributed by atoms with van der Waals surface area (Å²) in [7, 11) is 2.42. The van der Waals surface area contributed by atoms with Crippen molar-refractivity contribution in [3.05, 3.63) is 0 Å². The zero-order valence-electron chi connectivity index (χ0n) is 2.43. The molecule has 0 aromatic carbocycles. The molecule has 0 spiro atoms. The molecule has 1 nitrogen and oxygen atoms in total. The molecule has 0 fully saturated rings. The van der Waals surface area contributed by atoms with Crippen LogP contribution in [0, 0.1) is 0 Å². The van der Waals surface area contributed by atoms with Gasteiger partial charge in [-0.2, -0.15) is 0 Å². The molecule has 4 heavy (non-hydrogen) atoms. The maximum atomic E-state index is 4.42. The first-order valence-electron chi connectivity index (χ1n) is 0.697. The molecule has 0 heterocycles. The fourth-order valence-electron chi connectivity index (χ4n) is 0. The van der Waals surface area contributed by atoms with Crippen molar-refractivity contribution >= 4 is 21.0 Å². The Kier molecular flexibility index (Phi) is 20.1. The van der Waals surface area contributed by atoms with Gasteiger partial charge in [-0.3, -0.25) is 0 Å². The topological polar surface area (TPSA) is 9.23 Å². The molecule has 0 atom stereocenters. The van der Waals surface area contributed by atoms with Gasteiger partial charge >= 0.3 is 0 Å². The number of rotatable bonds is 0. The molecule has 0 aliphatic rings. The summed E-state index contributed by atoms with van der Waals surface area (Å²) in [5.74, 6) is 0. The van der Waals surface area contributed by atoms with E-state index in [9.17, 15) is 0 Å². The van der Waals surface area contributed by atoms with Crippen molar-refractivity contribution in [2.24, 2.45) is 0 Å². The smallest absolute Gasteiger partial charge is 0.157 e. The summed E-state index contributed by atoms with van der Waals surface area (Å²) >= 11 is 0. The van der Waals surface area contributed by atoms with Crippen molar-refractivity contribution in [1.82, 2.24) is 0 Å². The summed E-state index contributed by atoms with van der Waals surface area (Å²) in [5.41, 5.74) is 0. The fraction of sp³-hybridized carbons (Fsp3) is 0. The van der Waals surface area contributed by atoms with E-state index in [-0.39, 0.29) is 16.5 Å². The molecule has 0 amide bonds. The SMILES string of the molecule is [Ni].[SiH2]O[SiH3]. The second kappa shape index (κ2) is 9.10. The predicted molar refractivity (Wildman–Crippen MR) is 19.6 cm³/mol. The van der Waals surface area contributed by atoms with Crippen molar-refractivity contribution in [3.63, 3.8) is 0 Å².